The number of rotatable bonds is 4. The number of amides is 1. The molecule has 22 heavy (non-hydrogen) atoms. The molecule has 1 amide bonds. The molecule has 1 heterocycles. The monoisotopic (exact) mass is 297 g/mol. The molecule has 4 nitrogen and oxygen atoms in total. The van der Waals surface area contributed by atoms with Crippen LogP contribution in [0.5, 0.6) is 5.75 Å². The first-order valence-corrected chi connectivity index (χ1v) is 7.37. The second kappa shape index (κ2) is 6.62. The van der Waals surface area contributed by atoms with Crippen LogP contribution in [-0.4, -0.2) is 31.1 Å². The van der Waals surface area contributed by atoms with Gasteiger partial charge in [0, 0.05) is 17.7 Å². The van der Waals surface area contributed by atoms with E-state index >= 15 is 0 Å². The highest BCUT2D eigenvalue weighted by atomic mass is 16.5. The summed E-state index contributed by atoms with van der Waals surface area (Å²) in [6.45, 7) is 1.19. The van der Waals surface area contributed by atoms with Crippen LogP contribution < -0.4 is 4.74 Å². The zero-order valence-corrected chi connectivity index (χ0v) is 12.6. The largest absolute Gasteiger partial charge is 0.496 e. The van der Waals surface area contributed by atoms with Crippen LogP contribution in [0.15, 0.2) is 54.6 Å². The Morgan fingerprint density at radius 3 is 2.68 bits per heavy atom. The fourth-order valence-corrected chi connectivity index (χ4v) is 2.73. The molecule has 0 saturated carbocycles. The van der Waals surface area contributed by atoms with Gasteiger partial charge in [-0.25, -0.2) is 0 Å². The lowest BCUT2D eigenvalue weighted by Crippen LogP contribution is -2.32. The Bertz CT molecular complexity index is 642. The third-order valence-corrected chi connectivity index (χ3v) is 3.83. The quantitative estimate of drug-likeness (QED) is 0.871. The van der Waals surface area contributed by atoms with Crippen molar-refractivity contribution in [1.29, 1.82) is 0 Å². The molecule has 0 N–H and O–H groups in total. The van der Waals surface area contributed by atoms with Gasteiger partial charge in [0.05, 0.1) is 20.1 Å². The van der Waals surface area contributed by atoms with Crippen LogP contribution in [-0.2, 0) is 16.0 Å². The Morgan fingerprint density at radius 1 is 1.18 bits per heavy atom. The van der Waals surface area contributed by atoms with Crippen LogP contribution >= 0.6 is 0 Å². The minimum absolute atomic E-state index is 0.0517. The molecule has 1 aliphatic rings. The van der Waals surface area contributed by atoms with E-state index in [-0.39, 0.29) is 12.1 Å². The fourth-order valence-electron chi connectivity index (χ4n) is 2.73. The predicted octanol–water partition coefficient (Wildman–Crippen LogP) is 2.80. The zero-order chi connectivity index (χ0) is 15.4. The van der Waals surface area contributed by atoms with Gasteiger partial charge in [0.2, 0.25) is 5.91 Å². The molecule has 2 aromatic carbocycles. The Kier molecular flexibility index (Phi) is 4.39. The summed E-state index contributed by atoms with van der Waals surface area (Å²) in [7, 11) is 1.62. The van der Waals surface area contributed by atoms with E-state index in [0.717, 1.165) is 16.9 Å². The molecule has 1 aliphatic heterocycles. The SMILES string of the molecule is COc1ccccc1CC(=O)N1CCOC1c1ccccc1. The van der Waals surface area contributed by atoms with Gasteiger partial charge in [-0.15, -0.1) is 0 Å². The first kappa shape index (κ1) is 14.6. The van der Waals surface area contributed by atoms with E-state index in [1.54, 1.807) is 12.0 Å². The van der Waals surface area contributed by atoms with Crippen LogP contribution in [0.4, 0.5) is 0 Å². The van der Waals surface area contributed by atoms with E-state index in [4.69, 9.17) is 9.47 Å². The van der Waals surface area contributed by atoms with Gasteiger partial charge in [-0.3, -0.25) is 4.79 Å². The molecule has 1 fully saturated rings. The second-order valence-corrected chi connectivity index (χ2v) is 5.21. The fraction of sp³-hybridized carbons (Fsp3) is 0.278. The summed E-state index contributed by atoms with van der Waals surface area (Å²) in [5, 5.41) is 0. The predicted molar refractivity (Wildman–Crippen MR) is 83.5 cm³/mol. The normalized spacial score (nSPS) is 17.5. The van der Waals surface area contributed by atoms with Crippen molar-refractivity contribution in [3.63, 3.8) is 0 Å². The molecular formula is C18H19NO3. The molecule has 0 bridgehead atoms. The van der Waals surface area contributed by atoms with E-state index in [9.17, 15) is 4.79 Å². The van der Waals surface area contributed by atoms with E-state index in [1.807, 2.05) is 54.6 Å². The number of carbonyl (C=O) groups excluding carboxylic acids is 1. The van der Waals surface area contributed by atoms with Crippen molar-refractivity contribution in [2.45, 2.75) is 12.6 Å². The Hall–Kier alpha value is -2.33. The maximum Gasteiger partial charge on any atom is 0.229 e. The summed E-state index contributed by atoms with van der Waals surface area (Å²) in [6, 6.07) is 17.5. The second-order valence-electron chi connectivity index (χ2n) is 5.21. The van der Waals surface area contributed by atoms with Crippen LogP contribution in [0, 0.1) is 0 Å². The number of hydrogen-bond acceptors (Lipinski definition) is 3. The van der Waals surface area contributed by atoms with Gasteiger partial charge >= 0.3 is 0 Å². The van der Waals surface area contributed by atoms with Crippen molar-refractivity contribution in [2.24, 2.45) is 0 Å². The first-order chi connectivity index (χ1) is 10.8. The average molecular weight is 297 g/mol. The Labute approximate surface area is 130 Å². The lowest BCUT2D eigenvalue weighted by molar-refractivity contribution is -0.135. The van der Waals surface area contributed by atoms with E-state index < -0.39 is 0 Å². The minimum atomic E-state index is -0.289. The van der Waals surface area contributed by atoms with Crippen LogP contribution in [0.1, 0.15) is 17.4 Å². The average Bonchev–Trinajstić information content (AvgIpc) is 3.06. The van der Waals surface area contributed by atoms with Crippen molar-refractivity contribution in [1.82, 2.24) is 4.90 Å². The standard InChI is InChI=1S/C18H19NO3/c1-21-16-10-6-5-9-15(16)13-17(20)19-11-12-22-18(19)14-7-3-2-4-8-14/h2-10,18H,11-13H2,1H3. The lowest BCUT2D eigenvalue weighted by atomic mass is 10.1. The number of nitrogens with zero attached hydrogens (tertiary/aromatic N) is 1. The minimum Gasteiger partial charge on any atom is -0.496 e. The lowest BCUT2D eigenvalue weighted by Gasteiger charge is -2.23. The summed E-state index contributed by atoms with van der Waals surface area (Å²) < 4.78 is 11.1. The molecule has 1 atom stereocenters. The van der Waals surface area contributed by atoms with Crippen LogP contribution in [0.25, 0.3) is 0 Å². The summed E-state index contributed by atoms with van der Waals surface area (Å²) >= 11 is 0. The first-order valence-electron chi connectivity index (χ1n) is 7.37. The van der Waals surface area contributed by atoms with Gasteiger partial charge in [0.15, 0.2) is 6.23 Å². The third kappa shape index (κ3) is 2.97. The number of carbonyl (C=O) groups is 1. The Morgan fingerprint density at radius 2 is 1.91 bits per heavy atom. The summed E-state index contributed by atoms with van der Waals surface area (Å²) in [5.74, 6) is 0.795. The molecule has 0 spiro atoms. The summed E-state index contributed by atoms with van der Waals surface area (Å²) in [5.41, 5.74) is 1.90. The maximum absolute atomic E-state index is 12.7. The van der Waals surface area contributed by atoms with Crippen molar-refractivity contribution in [2.75, 3.05) is 20.3 Å². The van der Waals surface area contributed by atoms with E-state index in [1.165, 1.54) is 0 Å². The van der Waals surface area contributed by atoms with Gasteiger partial charge in [-0.2, -0.15) is 0 Å². The Balaban J connectivity index is 1.77. The van der Waals surface area contributed by atoms with E-state index in [2.05, 4.69) is 0 Å². The summed E-state index contributed by atoms with van der Waals surface area (Å²) in [6.07, 6.45) is 0.0277. The number of ether oxygens (including phenoxy) is 2. The molecule has 0 radical (unpaired) electrons. The van der Waals surface area contributed by atoms with Gasteiger partial charge in [0.25, 0.3) is 0 Å². The van der Waals surface area contributed by atoms with Gasteiger partial charge in [-0.1, -0.05) is 48.5 Å². The molecule has 1 saturated heterocycles. The van der Waals surface area contributed by atoms with Crippen molar-refractivity contribution >= 4 is 5.91 Å². The zero-order valence-electron chi connectivity index (χ0n) is 12.6. The smallest absolute Gasteiger partial charge is 0.229 e. The molecule has 4 heteroatoms. The highest BCUT2D eigenvalue weighted by Gasteiger charge is 2.30. The molecular weight excluding hydrogens is 278 g/mol. The van der Waals surface area contributed by atoms with Crippen molar-refractivity contribution in [3.8, 4) is 5.75 Å². The highest BCUT2D eigenvalue weighted by molar-refractivity contribution is 5.80. The molecule has 0 aliphatic carbocycles. The molecule has 3 rings (SSSR count). The summed E-state index contributed by atoms with van der Waals surface area (Å²) in [4.78, 5) is 14.5. The number of methoxy groups -OCH3 is 1. The van der Waals surface area contributed by atoms with Gasteiger partial charge in [-0.05, 0) is 6.07 Å². The number of para-hydroxylation sites is 1. The van der Waals surface area contributed by atoms with Crippen LogP contribution in [0.2, 0.25) is 0 Å². The topological polar surface area (TPSA) is 38.8 Å². The van der Waals surface area contributed by atoms with E-state index in [0.29, 0.717) is 19.6 Å². The molecule has 1 unspecified atom stereocenters. The number of benzene rings is 2. The van der Waals surface area contributed by atoms with Crippen LogP contribution in [0.3, 0.4) is 0 Å². The highest BCUT2D eigenvalue weighted by Crippen LogP contribution is 2.28. The van der Waals surface area contributed by atoms with Gasteiger partial charge < -0.3 is 14.4 Å². The van der Waals surface area contributed by atoms with Crippen molar-refractivity contribution < 1.29 is 14.3 Å². The molecule has 0 aromatic heterocycles. The molecule has 2 aromatic rings. The van der Waals surface area contributed by atoms with Crippen molar-refractivity contribution in [3.05, 3.63) is 65.7 Å². The number of hydrogen-bond donors (Lipinski definition) is 0. The van der Waals surface area contributed by atoms with Gasteiger partial charge in [0.1, 0.15) is 5.75 Å². The molecule has 114 valence electrons. The maximum atomic E-state index is 12.7. The third-order valence-electron chi connectivity index (χ3n) is 3.83.